The third kappa shape index (κ3) is 3.37. The zero-order chi connectivity index (χ0) is 18.4. The van der Waals surface area contributed by atoms with Crippen LogP contribution in [0.15, 0.2) is 24.3 Å². The van der Waals surface area contributed by atoms with Crippen molar-refractivity contribution in [2.75, 3.05) is 13.1 Å². The van der Waals surface area contributed by atoms with Gasteiger partial charge < -0.3 is 15.4 Å². The van der Waals surface area contributed by atoms with E-state index in [2.05, 4.69) is 0 Å². The van der Waals surface area contributed by atoms with Gasteiger partial charge in [0.05, 0.1) is 17.2 Å². The van der Waals surface area contributed by atoms with E-state index in [4.69, 9.17) is 10.5 Å². The molecule has 0 bridgehead atoms. The smallest absolute Gasteiger partial charge is 0.410 e. The van der Waals surface area contributed by atoms with E-state index in [1.807, 2.05) is 0 Å². The summed E-state index contributed by atoms with van der Waals surface area (Å²) in [6.07, 6.45) is 0.0502. The fraction of sp³-hybridized carbons (Fsp3) is 0.500. The van der Waals surface area contributed by atoms with E-state index in [9.17, 15) is 14.4 Å². The Bertz CT molecular complexity index is 690. The lowest BCUT2D eigenvalue weighted by Gasteiger charge is -2.30. The van der Waals surface area contributed by atoms with Gasteiger partial charge in [0.2, 0.25) is 0 Å². The second kappa shape index (κ2) is 6.15. The largest absolute Gasteiger partial charge is 0.444 e. The van der Waals surface area contributed by atoms with Gasteiger partial charge in [0.1, 0.15) is 5.60 Å². The first-order valence-electron chi connectivity index (χ1n) is 8.38. The topological polar surface area (TPSA) is 92.9 Å². The maximum Gasteiger partial charge on any atom is 0.410 e. The van der Waals surface area contributed by atoms with Crippen molar-refractivity contribution in [1.82, 2.24) is 9.80 Å². The SMILES string of the molecule is CC(C)(C)OC(=O)N1C[C@H](N)C[C@H]1CN1C(=O)c2ccccc2C1=O. The van der Waals surface area contributed by atoms with Crippen LogP contribution in [-0.2, 0) is 4.74 Å². The average Bonchev–Trinajstić information content (AvgIpc) is 3.00. The van der Waals surface area contributed by atoms with Crippen LogP contribution in [-0.4, -0.2) is 58.5 Å². The normalized spacial score (nSPS) is 23.2. The molecule has 0 saturated carbocycles. The highest BCUT2D eigenvalue weighted by molar-refractivity contribution is 6.21. The van der Waals surface area contributed by atoms with Gasteiger partial charge in [-0.1, -0.05) is 12.1 Å². The molecule has 1 fully saturated rings. The highest BCUT2D eigenvalue weighted by Gasteiger charge is 2.42. The van der Waals surface area contributed by atoms with E-state index >= 15 is 0 Å². The summed E-state index contributed by atoms with van der Waals surface area (Å²) < 4.78 is 5.42. The van der Waals surface area contributed by atoms with E-state index in [0.717, 1.165) is 0 Å². The highest BCUT2D eigenvalue weighted by atomic mass is 16.6. The molecular weight excluding hydrogens is 322 g/mol. The molecule has 2 N–H and O–H groups in total. The minimum atomic E-state index is -0.621. The number of benzene rings is 1. The van der Waals surface area contributed by atoms with E-state index < -0.39 is 11.7 Å². The zero-order valence-corrected chi connectivity index (χ0v) is 14.7. The molecule has 134 valence electrons. The molecule has 3 rings (SSSR count). The summed E-state index contributed by atoms with van der Waals surface area (Å²) >= 11 is 0. The average molecular weight is 345 g/mol. The van der Waals surface area contributed by atoms with Crippen LogP contribution < -0.4 is 5.73 Å². The van der Waals surface area contributed by atoms with Gasteiger partial charge in [0.15, 0.2) is 0 Å². The first kappa shape index (κ1) is 17.4. The Hall–Kier alpha value is -2.41. The summed E-state index contributed by atoms with van der Waals surface area (Å²) in [6, 6.07) is 6.20. The number of amides is 3. The van der Waals surface area contributed by atoms with Crippen molar-refractivity contribution < 1.29 is 19.1 Å². The number of imide groups is 1. The second-order valence-corrected chi connectivity index (χ2v) is 7.55. The number of carbonyl (C=O) groups is 3. The van der Waals surface area contributed by atoms with Crippen LogP contribution in [0.3, 0.4) is 0 Å². The van der Waals surface area contributed by atoms with Crippen molar-refractivity contribution in [2.24, 2.45) is 5.73 Å². The Balaban J connectivity index is 1.76. The van der Waals surface area contributed by atoms with E-state index in [1.54, 1.807) is 45.0 Å². The molecule has 2 atom stereocenters. The molecular formula is C18H23N3O4. The second-order valence-electron chi connectivity index (χ2n) is 7.55. The Morgan fingerprint density at radius 1 is 1.20 bits per heavy atom. The van der Waals surface area contributed by atoms with Crippen molar-refractivity contribution in [1.29, 1.82) is 0 Å². The Kier molecular flexibility index (Phi) is 4.28. The van der Waals surface area contributed by atoms with E-state index in [1.165, 1.54) is 9.80 Å². The molecule has 2 heterocycles. The maximum atomic E-state index is 12.5. The molecule has 7 nitrogen and oxygen atoms in total. The summed E-state index contributed by atoms with van der Waals surface area (Å²) in [6.45, 7) is 5.85. The number of hydrogen-bond acceptors (Lipinski definition) is 5. The van der Waals surface area contributed by atoms with Gasteiger partial charge >= 0.3 is 6.09 Å². The Labute approximate surface area is 146 Å². The van der Waals surface area contributed by atoms with Gasteiger partial charge in [-0.15, -0.1) is 0 Å². The first-order valence-corrected chi connectivity index (χ1v) is 8.38. The van der Waals surface area contributed by atoms with Gasteiger partial charge in [-0.2, -0.15) is 0 Å². The number of hydrogen-bond donors (Lipinski definition) is 1. The van der Waals surface area contributed by atoms with Crippen molar-refractivity contribution in [3.63, 3.8) is 0 Å². The van der Waals surface area contributed by atoms with Gasteiger partial charge in [-0.3, -0.25) is 14.5 Å². The number of fused-ring (bicyclic) bond motifs is 1. The van der Waals surface area contributed by atoms with Crippen LogP contribution in [0.1, 0.15) is 47.9 Å². The number of rotatable bonds is 2. The van der Waals surface area contributed by atoms with Gasteiger partial charge in [0.25, 0.3) is 11.8 Å². The summed E-state index contributed by atoms with van der Waals surface area (Å²) in [7, 11) is 0. The number of carbonyl (C=O) groups excluding carboxylic acids is 3. The molecule has 1 saturated heterocycles. The maximum absolute atomic E-state index is 12.5. The van der Waals surface area contributed by atoms with Crippen molar-refractivity contribution >= 4 is 17.9 Å². The molecule has 7 heteroatoms. The Morgan fingerprint density at radius 2 is 1.76 bits per heavy atom. The van der Waals surface area contributed by atoms with E-state index in [-0.39, 0.29) is 30.4 Å². The van der Waals surface area contributed by atoms with Crippen molar-refractivity contribution in [3.05, 3.63) is 35.4 Å². The van der Waals surface area contributed by atoms with Crippen LogP contribution in [0.2, 0.25) is 0 Å². The molecule has 0 aliphatic carbocycles. The molecule has 1 aromatic rings. The van der Waals surface area contributed by atoms with Gasteiger partial charge in [-0.25, -0.2) is 4.79 Å². The molecule has 2 aliphatic rings. The van der Waals surface area contributed by atoms with Crippen LogP contribution in [0.5, 0.6) is 0 Å². The molecule has 0 unspecified atom stereocenters. The summed E-state index contributed by atoms with van der Waals surface area (Å²) in [5.74, 6) is -0.657. The first-order chi connectivity index (χ1) is 11.7. The van der Waals surface area contributed by atoms with Crippen LogP contribution >= 0.6 is 0 Å². The minimum Gasteiger partial charge on any atom is -0.444 e. The zero-order valence-electron chi connectivity index (χ0n) is 14.7. The third-order valence-electron chi connectivity index (χ3n) is 4.35. The lowest BCUT2D eigenvalue weighted by atomic mass is 10.1. The number of ether oxygens (including phenoxy) is 1. The third-order valence-corrected chi connectivity index (χ3v) is 4.35. The fourth-order valence-electron chi connectivity index (χ4n) is 3.29. The van der Waals surface area contributed by atoms with Crippen LogP contribution in [0, 0.1) is 0 Å². The summed E-state index contributed by atoms with van der Waals surface area (Å²) in [4.78, 5) is 40.2. The summed E-state index contributed by atoms with van der Waals surface area (Å²) in [5, 5.41) is 0. The number of nitrogens with zero attached hydrogens (tertiary/aromatic N) is 2. The van der Waals surface area contributed by atoms with Crippen molar-refractivity contribution in [2.45, 2.75) is 44.9 Å². The summed E-state index contributed by atoms with van der Waals surface area (Å²) in [5.41, 5.74) is 6.19. The predicted molar refractivity (Wildman–Crippen MR) is 91.1 cm³/mol. The van der Waals surface area contributed by atoms with Gasteiger partial charge in [-0.05, 0) is 39.3 Å². The van der Waals surface area contributed by atoms with Crippen LogP contribution in [0.25, 0.3) is 0 Å². The lowest BCUT2D eigenvalue weighted by molar-refractivity contribution is 0.0190. The standard InChI is InChI=1S/C18H23N3O4/c1-18(2,3)25-17(24)20-9-11(19)8-12(20)10-21-15(22)13-6-4-5-7-14(13)16(21)23/h4-7,11-12H,8-10,19H2,1-3H3/t11-,12+/m1/s1. The molecule has 1 aromatic carbocycles. The highest BCUT2D eigenvalue weighted by Crippen LogP contribution is 2.26. The molecule has 3 amide bonds. The lowest BCUT2D eigenvalue weighted by Crippen LogP contribution is -2.46. The van der Waals surface area contributed by atoms with E-state index in [0.29, 0.717) is 24.1 Å². The fourth-order valence-corrected chi connectivity index (χ4v) is 3.29. The quantitative estimate of drug-likeness (QED) is 0.822. The van der Waals surface area contributed by atoms with Gasteiger partial charge in [0, 0.05) is 19.1 Å². The monoisotopic (exact) mass is 345 g/mol. The molecule has 0 spiro atoms. The Morgan fingerprint density at radius 3 is 2.28 bits per heavy atom. The molecule has 2 aliphatic heterocycles. The molecule has 25 heavy (non-hydrogen) atoms. The number of nitrogens with two attached hydrogens (primary N) is 1. The minimum absolute atomic E-state index is 0.124. The molecule has 0 radical (unpaired) electrons. The number of likely N-dealkylation sites (tertiary alicyclic amines) is 1. The van der Waals surface area contributed by atoms with Crippen LogP contribution in [0.4, 0.5) is 4.79 Å². The predicted octanol–water partition coefficient (Wildman–Crippen LogP) is 1.62. The van der Waals surface area contributed by atoms with Crippen molar-refractivity contribution in [3.8, 4) is 0 Å². The molecule has 0 aromatic heterocycles.